The first-order chi connectivity index (χ1) is 8.95. The van der Waals surface area contributed by atoms with Gasteiger partial charge >= 0.3 is 0 Å². The van der Waals surface area contributed by atoms with E-state index in [1.165, 1.54) is 12.1 Å². The largest absolute Gasteiger partial charge is 0.294 e. The Kier molecular flexibility index (Phi) is 3.74. The molecule has 0 spiro atoms. The molecule has 0 amide bonds. The zero-order valence-electron chi connectivity index (χ0n) is 10.8. The van der Waals surface area contributed by atoms with Crippen LogP contribution in [0.5, 0.6) is 0 Å². The minimum atomic E-state index is -0.664. The molecule has 2 aromatic carbocycles. The molecule has 98 valence electrons. The summed E-state index contributed by atoms with van der Waals surface area (Å²) in [5, 5.41) is 0. The van der Waals surface area contributed by atoms with Crippen molar-refractivity contribution in [2.45, 2.75) is 20.3 Å². The van der Waals surface area contributed by atoms with Crippen molar-refractivity contribution in [1.29, 1.82) is 0 Å². The van der Waals surface area contributed by atoms with Gasteiger partial charge in [-0.25, -0.2) is 8.78 Å². The molecule has 0 aliphatic rings. The molecular weight excluding hydrogens is 246 g/mol. The zero-order chi connectivity index (χ0) is 14.0. The van der Waals surface area contributed by atoms with Crippen LogP contribution in [0.4, 0.5) is 8.78 Å². The summed E-state index contributed by atoms with van der Waals surface area (Å²) in [6.45, 7) is 3.89. The highest BCUT2D eigenvalue weighted by atomic mass is 19.1. The smallest absolute Gasteiger partial charge is 0.167 e. The van der Waals surface area contributed by atoms with Crippen molar-refractivity contribution in [3.63, 3.8) is 0 Å². The number of hydrogen-bond donors (Lipinski definition) is 0. The van der Waals surface area contributed by atoms with E-state index in [4.69, 9.17) is 0 Å². The predicted molar refractivity (Wildman–Crippen MR) is 70.3 cm³/mol. The van der Waals surface area contributed by atoms with Gasteiger partial charge in [-0.1, -0.05) is 12.1 Å². The van der Waals surface area contributed by atoms with E-state index in [2.05, 4.69) is 0 Å². The Morgan fingerprint density at radius 2 is 1.58 bits per heavy atom. The van der Waals surface area contributed by atoms with Crippen molar-refractivity contribution in [1.82, 2.24) is 0 Å². The van der Waals surface area contributed by atoms with Crippen LogP contribution in [0.25, 0.3) is 0 Å². The molecule has 0 bridgehead atoms. The zero-order valence-corrected chi connectivity index (χ0v) is 10.8. The minimum absolute atomic E-state index is 0.00280. The molecular formula is C16H14F2O. The Morgan fingerprint density at radius 1 is 0.947 bits per heavy atom. The molecule has 2 rings (SSSR count). The molecule has 19 heavy (non-hydrogen) atoms. The summed E-state index contributed by atoms with van der Waals surface area (Å²) >= 11 is 0. The van der Waals surface area contributed by atoms with E-state index in [1.54, 1.807) is 12.1 Å². The number of rotatable bonds is 3. The number of Topliss-reactive ketones (excluding diaryl/α,β-unsaturated/α-hetero) is 1. The van der Waals surface area contributed by atoms with Crippen molar-refractivity contribution in [2.24, 2.45) is 0 Å². The van der Waals surface area contributed by atoms with Crippen LogP contribution in [-0.4, -0.2) is 5.78 Å². The molecule has 0 unspecified atom stereocenters. The van der Waals surface area contributed by atoms with Crippen LogP contribution in [0.15, 0.2) is 36.4 Å². The molecule has 0 N–H and O–H groups in total. The Morgan fingerprint density at radius 3 is 2.16 bits per heavy atom. The van der Waals surface area contributed by atoms with Crippen LogP contribution in [0.2, 0.25) is 0 Å². The average Bonchev–Trinajstić information content (AvgIpc) is 2.31. The number of halogens is 2. The number of benzene rings is 2. The van der Waals surface area contributed by atoms with E-state index in [0.29, 0.717) is 11.1 Å². The third-order valence-electron chi connectivity index (χ3n) is 3.12. The molecule has 0 aliphatic heterocycles. The van der Waals surface area contributed by atoms with Gasteiger partial charge in [-0.2, -0.15) is 0 Å². The Balaban J connectivity index is 2.22. The highest BCUT2D eigenvalue weighted by Gasteiger charge is 2.10. The number of ketones is 1. The Bertz CT molecular complexity index is 612. The predicted octanol–water partition coefficient (Wildman–Crippen LogP) is 4.01. The molecule has 3 heteroatoms. The summed E-state index contributed by atoms with van der Waals surface area (Å²) in [6, 6.07) is 8.57. The van der Waals surface area contributed by atoms with Crippen molar-refractivity contribution in [3.8, 4) is 0 Å². The van der Waals surface area contributed by atoms with Crippen molar-refractivity contribution in [3.05, 3.63) is 70.3 Å². The van der Waals surface area contributed by atoms with Gasteiger partial charge in [-0.05, 0) is 48.7 Å². The maximum absolute atomic E-state index is 13.0. The fraction of sp³-hybridized carbons (Fsp3) is 0.188. The lowest BCUT2D eigenvalue weighted by atomic mass is 9.99. The second kappa shape index (κ2) is 5.31. The molecule has 0 aliphatic carbocycles. The summed E-state index contributed by atoms with van der Waals surface area (Å²) in [5.41, 5.74) is 3.04. The van der Waals surface area contributed by atoms with Crippen LogP contribution in [0.1, 0.15) is 27.0 Å². The topological polar surface area (TPSA) is 17.1 Å². The molecule has 0 saturated carbocycles. The molecule has 2 aromatic rings. The summed E-state index contributed by atoms with van der Waals surface area (Å²) in [7, 11) is 0. The van der Waals surface area contributed by atoms with Crippen LogP contribution in [-0.2, 0) is 6.42 Å². The van der Waals surface area contributed by atoms with Crippen LogP contribution >= 0.6 is 0 Å². The first kappa shape index (κ1) is 13.4. The van der Waals surface area contributed by atoms with Gasteiger partial charge in [-0.3, -0.25) is 4.79 Å². The normalized spacial score (nSPS) is 10.5. The maximum Gasteiger partial charge on any atom is 0.167 e. The molecule has 0 radical (unpaired) electrons. The van der Waals surface area contributed by atoms with Crippen LogP contribution in [0, 0.1) is 25.5 Å². The third-order valence-corrected chi connectivity index (χ3v) is 3.12. The third kappa shape index (κ3) is 3.25. The van der Waals surface area contributed by atoms with Crippen LogP contribution < -0.4 is 0 Å². The first-order valence-corrected chi connectivity index (χ1v) is 6.01. The minimum Gasteiger partial charge on any atom is -0.294 e. The van der Waals surface area contributed by atoms with E-state index in [0.717, 1.165) is 17.2 Å². The lowest BCUT2D eigenvalue weighted by molar-refractivity contribution is 0.0993. The van der Waals surface area contributed by atoms with Gasteiger partial charge in [0.1, 0.15) is 11.6 Å². The molecule has 0 heterocycles. The van der Waals surface area contributed by atoms with Crippen molar-refractivity contribution >= 4 is 5.78 Å². The standard InChI is InChI=1S/C16H14F2O/c1-10-3-4-13(5-11(10)2)16(19)8-12-6-14(17)9-15(18)7-12/h3-7,9H,8H2,1-2H3. The molecule has 0 aromatic heterocycles. The average molecular weight is 260 g/mol. The van der Waals surface area contributed by atoms with Gasteiger partial charge in [0, 0.05) is 18.1 Å². The summed E-state index contributed by atoms with van der Waals surface area (Å²) in [6.07, 6.45) is -0.00280. The fourth-order valence-corrected chi connectivity index (χ4v) is 1.92. The summed E-state index contributed by atoms with van der Waals surface area (Å²) < 4.78 is 26.1. The van der Waals surface area contributed by atoms with Gasteiger partial charge in [0.2, 0.25) is 0 Å². The van der Waals surface area contributed by atoms with E-state index >= 15 is 0 Å². The van der Waals surface area contributed by atoms with Gasteiger partial charge in [0.25, 0.3) is 0 Å². The Hall–Kier alpha value is -2.03. The molecule has 0 fully saturated rings. The van der Waals surface area contributed by atoms with Gasteiger partial charge in [0.05, 0.1) is 0 Å². The fourth-order valence-electron chi connectivity index (χ4n) is 1.92. The van der Waals surface area contributed by atoms with E-state index in [1.807, 2.05) is 19.9 Å². The maximum atomic E-state index is 13.0. The quantitative estimate of drug-likeness (QED) is 0.762. The number of carbonyl (C=O) groups is 1. The number of hydrogen-bond acceptors (Lipinski definition) is 1. The van der Waals surface area contributed by atoms with E-state index in [9.17, 15) is 13.6 Å². The first-order valence-electron chi connectivity index (χ1n) is 6.01. The second-order valence-electron chi connectivity index (χ2n) is 4.68. The highest BCUT2D eigenvalue weighted by molar-refractivity contribution is 5.97. The Labute approximate surface area is 110 Å². The van der Waals surface area contributed by atoms with Crippen LogP contribution in [0.3, 0.4) is 0 Å². The van der Waals surface area contributed by atoms with Crippen molar-refractivity contribution < 1.29 is 13.6 Å². The molecule has 1 nitrogen and oxygen atoms in total. The van der Waals surface area contributed by atoms with E-state index in [-0.39, 0.29) is 12.2 Å². The highest BCUT2D eigenvalue weighted by Crippen LogP contribution is 2.14. The molecule has 0 saturated heterocycles. The van der Waals surface area contributed by atoms with Gasteiger partial charge in [-0.15, -0.1) is 0 Å². The summed E-state index contributed by atoms with van der Waals surface area (Å²) in [5.74, 6) is -1.47. The summed E-state index contributed by atoms with van der Waals surface area (Å²) in [4.78, 5) is 12.1. The van der Waals surface area contributed by atoms with Gasteiger partial charge < -0.3 is 0 Å². The SMILES string of the molecule is Cc1ccc(C(=O)Cc2cc(F)cc(F)c2)cc1C. The second-order valence-corrected chi connectivity index (χ2v) is 4.68. The molecule has 0 atom stereocenters. The lowest BCUT2D eigenvalue weighted by Gasteiger charge is -2.05. The monoisotopic (exact) mass is 260 g/mol. The number of carbonyl (C=O) groups excluding carboxylic acids is 1. The van der Waals surface area contributed by atoms with Gasteiger partial charge in [0.15, 0.2) is 5.78 Å². The van der Waals surface area contributed by atoms with Crippen molar-refractivity contribution in [2.75, 3.05) is 0 Å². The van der Waals surface area contributed by atoms with E-state index < -0.39 is 11.6 Å². The number of aryl methyl sites for hydroxylation is 2. The lowest BCUT2D eigenvalue weighted by Crippen LogP contribution is -2.05.